The van der Waals surface area contributed by atoms with Crippen molar-refractivity contribution < 1.29 is 0 Å². The zero-order chi connectivity index (χ0) is 5.98. The van der Waals surface area contributed by atoms with E-state index in [1.807, 2.05) is 6.08 Å². The highest BCUT2D eigenvalue weighted by Gasteiger charge is 1.99. The number of nitrogens with two attached hydrogens (primary N) is 1. The molecular weight excluding hydrogens is 124 g/mol. The van der Waals surface area contributed by atoms with Gasteiger partial charge in [-0.15, -0.1) is 0 Å². The first-order valence-corrected chi connectivity index (χ1v) is 2.85. The van der Waals surface area contributed by atoms with Crippen LogP contribution in [0.25, 0.3) is 0 Å². The molecule has 8 heavy (non-hydrogen) atoms. The van der Waals surface area contributed by atoms with Gasteiger partial charge in [0.05, 0.1) is 0 Å². The van der Waals surface area contributed by atoms with Crippen molar-refractivity contribution in [3.63, 3.8) is 0 Å². The van der Waals surface area contributed by atoms with E-state index < -0.39 is 0 Å². The lowest BCUT2D eigenvalue weighted by molar-refractivity contribution is 1.02. The molecule has 0 fully saturated rings. The maximum absolute atomic E-state index is 5.54. The molecule has 1 heterocycles. The summed E-state index contributed by atoms with van der Waals surface area (Å²) >= 11 is 5.54. The first kappa shape index (κ1) is 5.63. The third-order valence-electron chi connectivity index (χ3n) is 0.955. The Labute approximate surface area is 53.0 Å². The van der Waals surface area contributed by atoms with E-state index in [9.17, 15) is 0 Å². The van der Waals surface area contributed by atoms with Crippen molar-refractivity contribution in [2.75, 3.05) is 0 Å². The fourth-order valence-electron chi connectivity index (χ4n) is 0.581. The van der Waals surface area contributed by atoms with Crippen LogP contribution in [0.1, 0.15) is 12.8 Å². The third-order valence-corrected chi connectivity index (χ3v) is 1.23. The van der Waals surface area contributed by atoms with E-state index in [-0.39, 0.29) is 0 Å². The van der Waals surface area contributed by atoms with Gasteiger partial charge in [0.25, 0.3) is 0 Å². The highest BCUT2D eigenvalue weighted by molar-refractivity contribution is 6.65. The average Bonchev–Trinajstić information content (AvgIpc) is 1.64. The molecule has 0 saturated carbocycles. The Kier molecular flexibility index (Phi) is 1.53. The maximum Gasteiger partial charge on any atom is 0.120 e. The van der Waals surface area contributed by atoms with Gasteiger partial charge in [-0.1, -0.05) is 11.6 Å². The van der Waals surface area contributed by atoms with Crippen LogP contribution >= 0.6 is 11.6 Å². The predicted octanol–water partition coefficient (Wildman–Crippen LogP) is 1.22. The van der Waals surface area contributed by atoms with Crippen LogP contribution in [0.5, 0.6) is 0 Å². The van der Waals surface area contributed by atoms with Gasteiger partial charge in [0.15, 0.2) is 0 Å². The Morgan fingerprint density at radius 2 is 2.50 bits per heavy atom. The number of rotatable bonds is 0. The lowest BCUT2D eigenvalue weighted by Crippen LogP contribution is -2.01. The number of hydrogen-bond acceptors (Lipinski definition) is 2. The molecule has 0 atom stereocenters. The topological polar surface area (TPSA) is 38.4 Å². The molecule has 0 unspecified atom stereocenters. The van der Waals surface area contributed by atoms with Crippen molar-refractivity contribution >= 4 is 16.8 Å². The van der Waals surface area contributed by atoms with Gasteiger partial charge < -0.3 is 5.73 Å². The van der Waals surface area contributed by atoms with Crippen LogP contribution in [0.3, 0.4) is 0 Å². The highest BCUT2D eigenvalue weighted by Crippen LogP contribution is 2.08. The first-order chi connectivity index (χ1) is 3.79. The Bertz CT molecular complexity index is 149. The molecule has 44 valence electrons. The van der Waals surface area contributed by atoms with Crippen LogP contribution in [0.2, 0.25) is 0 Å². The quantitative estimate of drug-likeness (QED) is 0.526. The van der Waals surface area contributed by atoms with E-state index in [0.29, 0.717) is 11.0 Å². The van der Waals surface area contributed by atoms with Gasteiger partial charge in [-0.2, -0.15) is 0 Å². The molecule has 3 heteroatoms. The Morgan fingerprint density at radius 1 is 1.75 bits per heavy atom. The fourth-order valence-corrected chi connectivity index (χ4v) is 0.787. The standard InChI is InChI=1S/C5H7ClN2/c6-4-2-1-3-5(7)8-4/h3H,1-2,7H2. The molecule has 0 aromatic heterocycles. The molecule has 0 bridgehead atoms. The van der Waals surface area contributed by atoms with Crippen LogP contribution in [0, 0.1) is 0 Å². The molecular formula is C5H7ClN2. The van der Waals surface area contributed by atoms with Crippen molar-refractivity contribution in [3.8, 4) is 0 Å². The van der Waals surface area contributed by atoms with E-state index in [4.69, 9.17) is 17.3 Å². The number of allylic oxidation sites excluding steroid dienone is 1. The van der Waals surface area contributed by atoms with Gasteiger partial charge in [0, 0.05) is 6.42 Å². The summed E-state index contributed by atoms with van der Waals surface area (Å²) in [5.74, 6) is 0.543. The molecule has 1 rings (SSSR count). The molecule has 2 N–H and O–H groups in total. The number of halogens is 1. The summed E-state index contributed by atoms with van der Waals surface area (Å²) in [7, 11) is 0. The van der Waals surface area contributed by atoms with E-state index in [2.05, 4.69) is 4.99 Å². The van der Waals surface area contributed by atoms with E-state index >= 15 is 0 Å². The highest BCUT2D eigenvalue weighted by atomic mass is 35.5. The van der Waals surface area contributed by atoms with Gasteiger partial charge in [-0.05, 0) is 12.5 Å². The first-order valence-electron chi connectivity index (χ1n) is 2.48. The summed E-state index contributed by atoms with van der Waals surface area (Å²) < 4.78 is 0. The van der Waals surface area contributed by atoms with Crippen LogP contribution < -0.4 is 5.73 Å². The van der Waals surface area contributed by atoms with Gasteiger partial charge in [-0.3, -0.25) is 0 Å². The maximum atomic E-state index is 5.54. The third kappa shape index (κ3) is 1.23. The summed E-state index contributed by atoms with van der Waals surface area (Å²) in [6, 6.07) is 0. The van der Waals surface area contributed by atoms with Crippen LogP contribution in [-0.4, -0.2) is 5.17 Å². The van der Waals surface area contributed by atoms with Crippen LogP contribution in [0.15, 0.2) is 16.9 Å². The van der Waals surface area contributed by atoms with Crippen molar-refractivity contribution in [1.29, 1.82) is 0 Å². The predicted molar refractivity (Wildman–Crippen MR) is 34.8 cm³/mol. The average molecular weight is 131 g/mol. The Balaban J connectivity index is 2.69. The Morgan fingerprint density at radius 3 is 2.88 bits per heavy atom. The summed E-state index contributed by atoms with van der Waals surface area (Å²) in [6.45, 7) is 0. The number of hydrogen-bond donors (Lipinski definition) is 1. The molecule has 0 saturated heterocycles. The van der Waals surface area contributed by atoms with E-state index in [0.717, 1.165) is 12.8 Å². The second-order valence-corrected chi connectivity index (χ2v) is 2.09. The Hall–Kier alpha value is -0.500. The monoisotopic (exact) mass is 130 g/mol. The second kappa shape index (κ2) is 2.18. The molecule has 0 amide bonds. The minimum absolute atomic E-state index is 0.543. The van der Waals surface area contributed by atoms with Gasteiger partial charge in [-0.25, -0.2) is 4.99 Å². The summed E-state index contributed by atoms with van der Waals surface area (Å²) in [4.78, 5) is 3.80. The molecule has 0 radical (unpaired) electrons. The minimum Gasteiger partial charge on any atom is -0.384 e. The SMILES string of the molecule is NC1=CCCC(Cl)=N1. The lowest BCUT2D eigenvalue weighted by atomic mass is 10.3. The molecule has 0 spiro atoms. The molecule has 0 aliphatic carbocycles. The van der Waals surface area contributed by atoms with Crippen molar-refractivity contribution in [2.45, 2.75) is 12.8 Å². The zero-order valence-corrected chi connectivity index (χ0v) is 5.15. The summed E-state index contributed by atoms with van der Waals surface area (Å²) in [5, 5.41) is 0.616. The van der Waals surface area contributed by atoms with Crippen LogP contribution in [0.4, 0.5) is 0 Å². The van der Waals surface area contributed by atoms with Gasteiger partial charge in [0.2, 0.25) is 0 Å². The molecule has 1 aliphatic rings. The molecule has 0 aromatic rings. The fraction of sp³-hybridized carbons (Fsp3) is 0.400. The molecule has 1 aliphatic heterocycles. The van der Waals surface area contributed by atoms with Crippen LogP contribution in [-0.2, 0) is 0 Å². The molecule has 0 aromatic carbocycles. The minimum atomic E-state index is 0.543. The number of aliphatic imine (C=N–C) groups is 1. The van der Waals surface area contributed by atoms with Crippen molar-refractivity contribution in [3.05, 3.63) is 11.9 Å². The zero-order valence-electron chi connectivity index (χ0n) is 4.39. The normalized spacial score (nSPS) is 19.6. The van der Waals surface area contributed by atoms with E-state index in [1.165, 1.54) is 0 Å². The summed E-state index contributed by atoms with van der Waals surface area (Å²) in [5.41, 5.74) is 5.31. The largest absolute Gasteiger partial charge is 0.384 e. The van der Waals surface area contributed by atoms with Crippen molar-refractivity contribution in [2.24, 2.45) is 10.7 Å². The van der Waals surface area contributed by atoms with E-state index in [1.54, 1.807) is 0 Å². The van der Waals surface area contributed by atoms with Gasteiger partial charge >= 0.3 is 0 Å². The second-order valence-electron chi connectivity index (χ2n) is 1.66. The summed E-state index contributed by atoms with van der Waals surface area (Å²) in [6.07, 6.45) is 3.63. The molecule has 2 nitrogen and oxygen atoms in total. The number of nitrogens with zero attached hydrogens (tertiary/aromatic N) is 1. The smallest absolute Gasteiger partial charge is 0.120 e. The van der Waals surface area contributed by atoms with Gasteiger partial charge in [0.1, 0.15) is 11.0 Å². The van der Waals surface area contributed by atoms with Crippen molar-refractivity contribution in [1.82, 2.24) is 0 Å². The lowest BCUT2D eigenvalue weighted by Gasteiger charge is -2.01.